The van der Waals surface area contributed by atoms with Crippen LogP contribution in [0, 0.1) is 5.92 Å². The number of carbonyl (C=O) groups is 3. The smallest absolute Gasteiger partial charge is 0.269 e. The average molecular weight is 517 g/mol. The number of rotatable bonds is 11. The highest BCUT2D eigenvalue weighted by Crippen LogP contribution is 2.26. The summed E-state index contributed by atoms with van der Waals surface area (Å²) in [7, 11) is -4.15. The van der Waals surface area contributed by atoms with Crippen LogP contribution >= 0.6 is 0 Å². The van der Waals surface area contributed by atoms with E-state index in [1.807, 2.05) is 4.72 Å². The number of nitrogens with one attached hydrogen (secondary N) is 3. The summed E-state index contributed by atoms with van der Waals surface area (Å²) in [6, 6.07) is 8.77. The molecule has 1 aliphatic rings. The van der Waals surface area contributed by atoms with Crippen molar-refractivity contribution in [2.45, 2.75) is 49.8 Å². The van der Waals surface area contributed by atoms with E-state index in [-0.39, 0.29) is 35.2 Å². The predicted octanol–water partition coefficient (Wildman–Crippen LogP) is 1.55. The maximum atomic E-state index is 12.8. The number of hydrogen-bond acceptors (Lipinski definition) is 7. The second kappa shape index (κ2) is 13.1. The second-order valence-electron chi connectivity index (χ2n) is 8.80. The van der Waals surface area contributed by atoms with E-state index in [0.717, 1.165) is 19.0 Å². The van der Waals surface area contributed by atoms with Crippen LogP contribution in [0.5, 0.6) is 0 Å². The molecule has 1 fully saturated rings. The van der Waals surface area contributed by atoms with Crippen molar-refractivity contribution in [1.29, 1.82) is 0 Å². The fourth-order valence-corrected chi connectivity index (χ4v) is 5.15. The molecule has 0 spiro atoms. The minimum Gasteiger partial charge on any atom is -0.395 e. The van der Waals surface area contributed by atoms with E-state index >= 15 is 0 Å². The van der Waals surface area contributed by atoms with Crippen LogP contribution in [0.2, 0.25) is 0 Å². The van der Waals surface area contributed by atoms with E-state index in [2.05, 4.69) is 15.6 Å². The zero-order valence-corrected chi connectivity index (χ0v) is 20.9. The lowest BCUT2D eigenvalue weighted by atomic mass is 9.87. The molecule has 0 aliphatic heterocycles. The molecule has 11 heteroatoms. The van der Waals surface area contributed by atoms with E-state index in [9.17, 15) is 22.8 Å². The summed E-state index contributed by atoms with van der Waals surface area (Å²) < 4.78 is 27.5. The Morgan fingerprint density at radius 3 is 2.44 bits per heavy atom. The molecule has 0 unspecified atom stereocenters. The van der Waals surface area contributed by atoms with Crippen molar-refractivity contribution in [1.82, 2.24) is 20.3 Å². The van der Waals surface area contributed by atoms with Crippen LogP contribution in [0.1, 0.15) is 64.9 Å². The Kier molecular flexibility index (Phi) is 9.95. The third-order valence-corrected chi connectivity index (χ3v) is 7.35. The van der Waals surface area contributed by atoms with Crippen molar-refractivity contribution < 1.29 is 27.9 Å². The molecule has 1 aromatic carbocycles. The Morgan fingerprint density at radius 1 is 0.972 bits per heavy atom. The molecule has 3 rings (SSSR count). The summed E-state index contributed by atoms with van der Waals surface area (Å²) in [6.07, 6.45) is 7.89. The molecule has 194 valence electrons. The molecule has 0 radical (unpaired) electrons. The van der Waals surface area contributed by atoms with Gasteiger partial charge in [0.2, 0.25) is 5.91 Å². The maximum absolute atomic E-state index is 12.8. The number of aromatic nitrogens is 1. The van der Waals surface area contributed by atoms with Crippen LogP contribution < -0.4 is 15.4 Å². The van der Waals surface area contributed by atoms with Gasteiger partial charge in [0, 0.05) is 25.7 Å². The standard InChI is InChI=1S/C25H32N4O6S/c30-14-13-27-25(33)22-10-9-20(17-28-22)24(32)29-36(34,35)21-8-4-7-19(15-21)11-12-26-23(31)16-18-5-2-1-3-6-18/h4,7-10,15,17-18,30H,1-3,5-6,11-14,16H2,(H,26,31)(H,27,33)(H,29,32). The summed E-state index contributed by atoms with van der Waals surface area (Å²) in [5.74, 6) is -0.940. The van der Waals surface area contributed by atoms with Gasteiger partial charge in [-0.05, 0) is 55.0 Å². The van der Waals surface area contributed by atoms with Gasteiger partial charge in [0.1, 0.15) is 5.69 Å². The van der Waals surface area contributed by atoms with E-state index in [1.54, 1.807) is 12.1 Å². The fraction of sp³-hybridized carbons (Fsp3) is 0.440. The number of amides is 3. The molecule has 0 atom stereocenters. The lowest BCUT2D eigenvalue weighted by molar-refractivity contribution is -0.122. The topological polar surface area (TPSA) is 155 Å². The molecule has 0 saturated heterocycles. The monoisotopic (exact) mass is 516 g/mol. The molecule has 1 saturated carbocycles. The number of benzene rings is 1. The summed E-state index contributed by atoms with van der Waals surface area (Å²) in [6.45, 7) is 0.235. The van der Waals surface area contributed by atoms with Gasteiger partial charge >= 0.3 is 0 Å². The first-order valence-corrected chi connectivity index (χ1v) is 13.5. The fourth-order valence-electron chi connectivity index (χ4n) is 4.10. The minimum atomic E-state index is -4.15. The molecular weight excluding hydrogens is 484 g/mol. The Bertz CT molecular complexity index is 1160. The molecule has 1 aliphatic carbocycles. The number of aliphatic hydroxyl groups is 1. The lowest BCUT2D eigenvalue weighted by Gasteiger charge is -2.20. The first-order valence-electron chi connectivity index (χ1n) is 12.1. The van der Waals surface area contributed by atoms with Gasteiger partial charge in [0.15, 0.2) is 0 Å². The van der Waals surface area contributed by atoms with Gasteiger partial charge in [-0.15, -0.1) is 0 Å². The molecule has 10 nitrogen and oxygen atoms in total. The van der Waals surface area contributed by atoms with Crippen LogP contribution in [-0.2, 0) is 21.2 Å². The molecule has 36 heavy (non-hydrogen) atoms. The lowest BCUT2D eigenvalue weighted by Crippen LogP contribution is -2.31. The first-order chi connectivity index (χ1) is 17.3. The number of carbonyl (C=O) groups excluding carboxylic acids is 3. The van der Waals surface area contributed by atoms with E-state index in [4.69, 9.17) is 5.11 Å². The van der Waals surface area contributed by atoms with Gasteiger partial charge < -0.3 is 15.7 Å². The first kappa shape index (κ1) is 27.3. The molecular formula is C25H32N4O6S. The average Bonchev–Trinajstić information content (AvgIpc) is 2.88. The zero-order chi connectivity index (χ0) is 26.0. The molecule has 0 bridgehead atoms. The second-order valence-corrected chi connectivity index (χ2v) is 10.5. The zero-order valence-electron chi connectivity index (χ0n) is 20.0. The molecule has 1 aromatic heterocycles. The normalized spacial score (nSPS) is 14.1. The number of aliphatic hydroxyl groups excluding tert-OH is 1. The largest absolute Gasteiger partial charge is 0.395 e. The summed E-state index contributed by atoms with van der Waals surface area (Å²) >= 11 is 0. The van der Waals surface area contributed by atoms with Crippen LogP contribution in [0.15, 0.2) is 47.5 Å². The van der Waals surface area contributed by atoms with E-state index in [1.165, 1.54) is 43.5 Å². The highest BCUT2D eigenvalue weighted by Gasteiger charge is 2.20. The number of hydrogen-bond donors (Lipinski definition) is 4. The summed E-state index contributed by atoms with van der Waals surface area (Å²) in [5.41, 5.74) is 0.707. The van der Waals surface area contributed by atoms with Gasteiger partial charge in [-0.25, -0.2) is 13.1 Å². The highest BCUT2D eigenvalue weighted by molar-refractivity contribution is 7.90. The molecule has 3 amide bonds. The number of pyridine rings is 1. The number of nitrogens with zero attached hydrogens (tertiary/aromatic N) is 1. The van der Waals surface area contributed by atoms with Gasteiger partial charge in [-0.3, -0.25) is 19.4 Å². The number of sulfonamides is 1. The van der Waals surface area contributed by atoms with Gasteiger partial charge in [0.05, 0.1) is 17.1 Å². The van der Waals surface area contributed by atoms with Crippen molar-refractivity contribution in [3.05, 3.63) is 59.4 Å². The quantitative estimate of drug-likeness (QED) is 0.353. The summed E-state index contributed by atoms with van der Waals surface area (Å²) in [5, 5.41) is 14.1. The maximum Gasteiger partial charge on any atom is 0.269 e. The predicted molar refractivity (Wildman–Crippen MR) is 133 cm³/mol. The van der Waals surface area contributed by atoms with Crippen molar-refractivity contribution in [2.75, 3.05) is 19.7 Å². The Balaban J connectivity index is 1.53. The van der Waals surface area contributed by atoms with E-state index in [0.29, 0.717) is 30.9 Å². The van der Waals surface area contributed by atoms with Crippen molar-refractivity contribution in [2.24, 2.45) is 5.92 Å². The van der Waals surface area contributed by atoms with Crippen molar-refractivity contribution >= 4 is 27.7 Å². The third-order valence-electron chi connectivity index (χ3n) is 6.03. The van der Waals surface area contributed by atoms with Crippen LogP contribution in [0.25, 0.3) is 0 Å². The van der Waals surface area contributed by atoms with Crippen LogP contribution in [0.4, 0.5) is 0 Å². The van der Waals surface area contributed by atoms with Gasteiger partial charge in [-0.2, -0.15) is 0 Å². The van der Waals surface area contributed by atoms with Crippen LogP contribution in [0.3, 0.4) is 0 Å². The van der Waals surface area contributed by atoms with Crippen molar-refractivity contribution in [3.8, 4) is 0 Å². The van der Waals surface area contributed by atoms with Gasteiger partial charge in [0.25, 0.3) is 21.8 Å². The molecule has 2 aromatic rings. The third kappa shape index (κ3) is 8.13. The SMILES string of the molecule is O=C(CC1CCCCC1)NCCc1cccc(S(=O)(=O)NC(=O)c2ccc(C(=O)NCCO)nc2)c1. The minimum absolute atomic E-state index is 0.0171. The Morgan fingerprint density at radius 2 is 1.75 bits per heavy atom. The van der Waals surface area contributed by atoms with Gasteiger partial charge in [-0.1, -0.05) is 31.4 Å². The Hall–Kier alpha value is -3.31. The molecule has 4 N–H and O–H groups in total. The van der Waals surface area contributed by atoms with E-state index < -0.39 is 21.8 Å². The van der Waals surface area contributed by atoms with Crippen molar-refractivity contribution in [3.63, 3.8) is 0 Å². The Labute approximate surface area is 211 Å². The summed E-state index contributed by atoms with van der Waals surface area (Å²) in [4.78, 5) is 40.3. The molecule has 1 heterocycles. The highest BCUT2D eigenvalue weighted by atomic mass is 32.2. The van der Waals surface area contributed by atoms with Crippen LogP contribution in [-0.4, -0.2) is 55.9 Å².